The van der Waals surface area contributed by atoms with Crippen LogP contribution in [0.5, 0.6) is 0 Å². The summed E-state index contributed by atoms with van der Waals surface area (Å²) in [5.74, 6) is 0.0415. The molecule has 0 saturated carbocycles. The van der Waals surface area contributed by atoms with Crippen LogP contribution in [0.3, 0.4) is 0 Å². The average molecular weight is 243 g/mol. The van der Waals surface area contributed by atoms with Gasteiger partial charge in [0.05, 0.1) is 6.42 Å². The third-order valence-corrected chi connectivity index (χ3v) is 1.99. The molecule has 0 aromatic carbocycles. The molecule has 2 nitrogen and oxygen atoms in total. The van der Waals surface area contributed by atoms with E-state index in [1.807, 2.05) is 41.5 Å². The minimum Gasteiger partial charge on any atom is -0.299 e. The molecule has 0 aliphatic heterocycles. The zero-order chi connectivity index (χ0) is 10.9. The molecule has 0 unspecified atom stereocenters. The summed E-state index contributed by atoms with van der Waals surface area (Å²) in [6.45, 7) is 11.0. The van der Waals surface area contributed by atoms with Crippen molar-refractivity contribution in [2.24, 2.45) is 10.8 Å². The molecule has 3 heteroatoms. The van der Waals surface area contributed by atoms with Crippen molar-refractivity contribution in [3.63, 3.8) is 0 Å². The van der Waals surface area contributed by atoms with Crippen molar-refractivity contribution in [2.75, 3.05) is 0 Å². The van der Waals surface area contributed by atoms with E-state index in [0.717, 1.165) is 0 Å². The third-order valence-electron chi connectivity index (χ3n) is 1.99. The smallest absolute Gasteiger partial charge is 0.145 e. The van der Waals surface area contributed by atoms with Crippen LogP contribution in [0.4, 0.5) is 0 Å². The minimum absolute atomic E-state index is 0. The van der Waals surface area contributed by atoms with Crippen LogP contribution in [0.25, 0.3) is 0 Å². The van der Waals surface area contributed by atoms with Crippen LogP contribution in [-0.2, 0) is 26.1 Å². The van der Waals surface area contributed by atoms with Gasteiger partial charge in [0.2, 0.25) is 0 Å². The Morgan fingerprint density at radius 1 is 0.786 bits per heavy atom. The molecule has 0 N–H and O–H groups in total. The van der Waals surface area contributed by atoms with Crippen LogP contribution < -0.4 is 0 Å². The zero-order valence-corrected chi connectivity index (χ0v) is 10.8. The first kappa shape index (κ1) is 16.3. The molecular formula is C11H20NiO2. The molecule has 0 bridgehead atoms. The van der Waals surface area contributed by atoms with E-state index in [4.69, 9.17) is 0 Å². The van der Waals surface area contributed by atoms with E-state index in [9.17, 15) is 9.59 Å². The summed E-state index contributed by atoms with van der Waals surface area (Å²) in [6, 6.07) is 0. The van der Waals surface area contributed by atoms with Crippen LogP contribution in [0.1, 0.15) is 48.0 Å². The molecule has 14 heavy (non-hydrogen) atoms. The maximum Gasteiger partial charge on any atom is 0.145 e. The third kappa shape index (κ3) is 5.54. The number of Topliss-reactive ketones (excluding diaryl/α,β-unsaturated/α-hetero) is 2. The van der Waals surface area contributed by atoms with Crippen LogP contribution in [0.2, 0.25) is 0 Å². The Bertz CT molecular complexity index is 194. The van der Waals surface area contributed by atoms with Gasteiger partial charge in [0, 0.05) is 27.3 Å². The fourth-order valence-electron chi connectivity index (χ4n) is 0.676. The molecule has 86 valence electrons. The number of carbonyl (C=O) groups excluding carboxylic acids is 2. The van der Waals surface area contributed by atoms with Crippen molar-refractivity contribution in [2.45, 2.75) is 48.0 Å². The van der Waals surface area contributed by atoms with E-state index >= 15 is 0 Å². The largest absolute Gasteiger partial charge is 0.299 e. The van der Waals surface area contributed by atoms with Gasteiger partial charge in [-0.2, -0.15) is 0 Å². The Morgan fingerprint density at radius 2 is 1.00 bits per heavy atom. The predicted octanol–water partition coefficient (Wildman–Crippen LogP) is 2.60. The maximum atomic E-state index is 11.5. The molecule has 0 atom stereocenters. The molecule has 0 rings (SSSR count). The quantitative estimate of drug-likeness (QED) is 0.551. The van der Waals surface area contributed by atoms with E-state index < -0.39 is 10.8 Å². The standard InChI is InChI=1S/C11H20O2.Ni/c1-10(2,3)8(12)7-9(13)11(4,5)6;/h7H2,1-6H3;. The summed E-state index contributed by atoms with van der Waals surface area (Å²) in [7, 11) is 0. The fraction of sp³-hybridized carbons (Fsp3) is 0.818. The number of hydrogen-bond donors (Lipinski definition) is 0. The van der Waals surface area contributed by atoms with Crippen molar-refractivity contribution >= 4 is 11.6 Å². The number of ketones is 2. The molecule has 0 amide bonds. The summed E-state index contributed by atoms with van der Waals surface area (Å²) in [5, 5.41) is 0. The topological polar surface area (TPSA) is 34.1 Å². The number of hydrogen-bond acceptors (Lipinski definition) is 2. The Hall–Kier alpha value is -0.166. The summed E-state index contributed by atoms with van der Waals surface area (Å²) in [6.07, 6.45) is 0.0625. The van der Waals surface area contributed by atoms with E-state index in [0.29, 0.717) is 0 Å². The second-order valence-corrected chi connectivity index (χ2v) is 5.52. The van der Waals surface area contributed by atoms with Gasteiger partial charge in [0.1, 0.15) is 11.6 Å². The molecule has 0 spiro atoms. The summed E-state index contributed by atoms with van der Waals surface area (Å²) < 4.78 is 0. The van der Waals surface area contributed by atoms with Gasteiger partial charge in [0.15, 0.2) is 0 Å². The van der Waals surface area contributed by atoms with Gasteiger partial charge in [-0.05, 0) is 0 Å². The van der Waals surface area contributed by atoms with E-state index in [-0.39, 0.29) is 34.5 Å². The molecule has 0 heterocycles. The Morgan fingerprint density at radius 3 is 1.14 bits per heavy atom. The molecular weight excluding hydrogens is 223 g/mol. The molecule has 0 radical (unpaired) electrons. The molecule has 0 fully saturated rings. The maximum absolute atomic E-state index is 11.5. The number of rotatable bonds is 2. The van der Waals surface area contributed by atoms with Gasteiger partial charge in [0.25, 0.3) is 0 Å². The summed E-state index contributed by atoms with van der Waals surface area (Å²) >= 11 is 0. The summed E-state index contributed by atoms with van der Waals surface area (Å²) in [4.78, 5) is 23.0. The van der Waals surface area contributed by atoms with Crippen LogP contribution in [-0.4, -0.2) is 11.6 Å². The monoisotopic (exact) mass is 242 g/mol. The molecule has 0 aliphatic rings. The van der Waals surface area contributed by atoms with E-state index in [2.05, 4.69) is 0 Å². The van der Waals surface area contributed by atoms with E-state index in [1.54, 1.807) is 0 Å². The van der Waals surface area contributed by atoms with Crippen molar-refractivity contribution < 1.29 is 26.1 Å². The minimum atomic E-state index is -0.402. The Kier molecular flexibility index (Phi) is 5.89. The predicted molar refractivity (Wildman–Crippen MR) is 53.5 cm³/mol. The van der Waals surface area contributed by atoms with Crippen LogP contribution in [0, 0.1) is 10.8 Å². The van der Waals surface area contributed by atoms with Gasteiger partial charge >= 0.3 is 0 Å². The van der Waals surface area contributed by atoms with Crippen LogP contribution in [0.15, 0.2) is 0 Å². The van der Waals surface area contributed by atoms with Crippen molar-refractivity contribution in [3.05, 3.63) is 0 Å². The fourth-order valence-corrected chi connectivity index (χ4v) is 0.676. The normalized spacial score (nSPS) is 11.9. The Balaban J connectivity index is 0. The van der Waals surface area contributed by atoms with Gasteiger partial charge in [-0.25, -0.2) is 0 Å². The summed E-state index contributed by atoms with van der Waals surface area (Å²) in [5.41, 5.74) is -0.804. The van der Waals surface area contributed by atoms with Gasteiger partial charge in [-0.1, -0.05) is 41.5 Å². The molecule has 0 aromatic heterocycles. The zero-order valence-electron chi connectivity index (χ0n) is 9.84. The average Bonchev–Trinajstić information content (AvgIpc) is 1.82. The van der Waals surface area contributed by atoms with Crippen molar-refractivity contribution in [1.29, 1.82) is 0 Å². The first-order valence-electron chi connectivity index (χ1n) is 4.62. The van der Waals surface area contributed by atoms with Crippen molar-refractivity contribution in [3.8, 4) is 0 Å². The van der Waals surface area contributed by atoms with Gasteiger partial charge in [-0.3, -0.25) is 9.59 Å². The Labute approximate surface area is 96.8 Å². The second-order valence-electron chi connectivity index (χ2n) is 5.52. The number of carbonyl (C=O) groups is 2. The van der Waals surface area contributed by atoms with Gasteiger partial charge in [-0.15, -0.1) is 0 Å². The molecule has 0 aromatic rings. The SMILES string of the molecule is CC(C)(C)C(=O)CC(=O)C(C)(C)C.[Ni]. The van der Waals surface area contributed by atoms with E-state index in [1.165, 1.54) is 0 Å². The van der Waals surface area contributed by atoms with Crippen LogP contribution >= 0.6 is 0 Å². The first-order valence-corrected chi connectivity index (χ1v) is 4.62. The molecule has 0 saturated heterocycles. The second kappa shape index (κ2) is 5.07. The van der Waals surface area contributed by atoms with Crippen molar-refractivity contribution in [1.82, 2.24) is 0 Å². The molecule has 0 aliphatic carbocycles. The first-order chi connectivity index (χ1) is 5.55. The van der Waals surface area contributed by atoms with Gasteiger partial charge < -0.3 is 0 Å².